The van der Waals surface area contributed by atoms with Gasteiger partial charge in [0.05, 0.1) is 23.9 Å². The van der Waals surface area contributed by atoms with Crippen molar-refractivity contribution in [2.75, 3.05) is 13.1 Å². The molecule has 0 aliphatic carbocycles. The number of carbonyl (C=O) groups is 1. The summed E-state index contributed by atoms with van der Waals surface area (Å²) < 4.78 is 4.03. The van der Waals surface area contributed by atoms with Crippen LogP contribution in [-0.4, -0.2) is 48.2 Å². The number of nitrogens with zero attached hydrogens (tertiary/aromatic N) is 6. The highest BCUT2D eigenvalue weighted by Gasteiger charge is 2.26. The molecule has 8 heteroatoms. The number of hydrogen-bond donors (Lipinski definition) is 0. The van der Waals surface area contributed by atoms with Crippen molar-refractivity contribution < 1.29 is 4.79 Å². The first kappa shape index (κ1) is 17.9. The quantitative estimate of drug-likeness (QED) is 0.655. The zero-order chi connectivity index (χ0) is 18.6. The van der Waals surface area contributed by atoms with Gasteiger partial charge < -0.3 is 9.47 Å². The van der Waals surface area contributed by atoms with E-state index in [0.29, 0.717) is 18.9 Å². The third kappa shape index (κ3) is 4.27. The summed E-state index contributed by atoms with van der Waals surface area (Å²) in [7, 11) is 0. The maximum atomic E-state index is 12.5. The molecule has 1 aliphatic rings. The van der Waals surface area contributed by atoms with Crippen molar-refractivity contribution in [3.63, 3.8) is 0 Å². The van der Waals surface area contributed by atoms with Gasteiger partial charge in [-0.15, -0.1) is 11.3 Å². The molecule has 0 bridgehead atoms. The number of imidazole rings is 1. The second-order valence-corrected chi connectivity index (χ2v) is 7.80. The summed E-state index contributed by atoms with van der Waals surface area (Å²) in [5.41, 5.74) is 4.05. The van der Waals surface area contributed by atoms with E-state index in [1.165, 1.54) is 0 Å². The number of rotatable bonds is 6. The number of piperidine rings is 1. The van der Waals surface area contributed by atoms with Crippen molar-refractivity contribution in [1.82, 2.24) is 29.2 Å². The first-order valence-corrected chi connectivity index (χ1v) is 10.3. The molecule has 1 fully saturated rings. The summed E-state index contributed by atoms with van der Waals surface area (Å²) in [4.78, 5) is 23.5. The van der Waals surface area contributed by atoms with Gasteiger partial charge in [-0.25, -0.2) is 9.97 Å². The maximum absolute atomic E-state index is 12.5. The SMILES string of the molecule is Cc1cnn(CCC(=O)N2CCC(c3nccn3Cc3cscn3)CC2)c1. The molecule has 3 aromatic heterocycles. The third-order valence-electron chi connectivity index (χ3n) is 5.09. The minimum absolute atomic E-state index is 0.215. The number of aryl methyl sites for hydroxylation is 2. The summed E-state index contributed by atoms with van der Waals surface area (Å²) in [6, 6.07) is 0. The fourth-order valence-corrected chi connectivity index (χ4v) is 4.20. The van der Waals surface area contributed by atoms with Gasteiger partial charge in [0.15, 0.2) is 0 Å². The molecular formula is C19H24N6OS. The van der Waals surface area contributed by atoms with Gasteiger partial charge in [-0.3, -0.25) is 9.48 Å². The molecule has 0 radical (unpaired) electrons. The topological polar surface area (TPSA) is 68.8 Å². The molecule has 0 unspecified atom stereocenters. The Morgan fingerprint density at radius 2 is 2.15 bits per heavy atom. The molecule has 1 saturated heterocycles. The Kier molecular flexibility index (Phi) is 5.33. The van der Waals surface area contributed by atoms with Crippen LogP contribution in [0.3, 0.4) is 0 Å². The van der Waals surface area contributed by atoms with Gasteiger partial charge in [-0.05, 0) is 25.3 Å². The van der Waals surface area contributed by atoms with Crippen molar-refractivity contribution in [2.24, 2.45) is 0 Å². The molecule has 1 amide bonds. The lowest BCUT2D eigenvalue weighted by molar-refractivity contribution is -0.132. The average Bonchev–Trinajstić information content (AvgIpc) is 3.43. The maximum Gasteiger partial charge on any atom is 0.224 e. The Hall–Kier alpha value is -2.48. The van der Waals surface area contributed by atoms with Gasteiger partial charge in [-0.2, -0.15) is 5.10 Å². The predicted octanol–water partition coefficient (Wildman–Crippen LogP) is 2.69. The van der Waals surface area contributed by atoms with Crippen molar-refractivity contribution >= 4 is 17.2 Å². The fraction of sp³-hybridized carbons (Fsp3) is 0.474. The molecule has 4 rings (SSSR count). The zero-order valence-corrected chi connectivity index (χ0v) is 16.3. The van der Waals surface area contributed by atoms with Crippen LogP contribution in [0.5, 0.6) is 0 Å². The monoisotopic (exact) mass is 384 g/mol. The number of aromatic nitrogens is 5. The van der Waals surface area contributed by atoms with Crippen LogP contribution >= 0.6 is 11.3 Å². The van der Waals surface area contributed by atoms with Gasteiger partial charge in [0.1, 0.15) is 5.82 Å². The molecule has 0 atom stereocenters. The van der Waals surface area contributed by atoms with Gasteiger partial charge >= 0.3 is 0 Å². The molecule has 7 nitrogen and oxygen atoms in total. The Morgan fingerprint density at radius 3 is 2.85 bits per heavy atom. The van der Waals surface area contributed by atoms with Crippen LogP contribution in [-0.2, 0) is 17.9 Å². The van der Waals surface area contributed by atoms with Crippen molar-refractivity contribution in [2.45, 2.75) is 45.2 Å². The largest absolute Gasteiger partial charge is 0.343 e. The van der Waals surface area contributed by atoms with E-state index in [2.05, 4.69) is 25.0 Å². The standard InChI is InChI=1S/C19H24N6OS/c1-15-10-22-25(11-15)8-4-18(26)23-6-2-16(3-7-23)19-20-5-9-24(19)12-17-13-27-14-21-17/h5,9-11,13-14,16H,2-4,6-8,12H2,1H3. The van der Waals surface area contributed by atoms with Crippen LogP contribution in [0.25, 0.3) is 0 Å². The smallest absolute Gasteiger partial charge is 0.224 e. The van der Waals surface area contributed by atoms with Crippen molar-refractivity contribution in [1.29, 1.82) is 0 Å². The van der Waals surface area contributed by atoms with E-state index in [1.54, 1.807) is 11.3 Å². The lowest BCUT2D eigenvalue weighted by Gasteiger charge is -2.32. The first-order chi connectivity index (χ1) is 13.2. The average molecular weight is 385 g/mol. The summed E-state index contributed by atoms with van der Waals surface area (Å²) in [5.74, 6) is 1.73. The lowest BCUT2D eigenvalue weighted by Crippen LogP contribution is -2.38. The van der Waals surface area contributed by atoms with Crippen LogP contribution in [0, 0.1) is 6.92 Å². The molecule has 0 saturated carbocycles. The van der Waals surface area contributed by atoms with Gasteiger partial charge in [-0.1, -0.05) is 0 Å². The number of carbonyl (C=O) groups excluding carboxylic acids is 1. The van der Waals surface area contributed by atoms with E-state index in [9.17, 15) is 4.79 Å². The molecule has 142 valence electrons. The van der Waals surface area contributed by atoms with Gasteiger partial charge in [0.25, 0.3) is 0 Å². The van der Waals surface area contributed by atoms with Gasteiger partial charge in [0.2, 0.25) is 5.91 Å². The number of likely N-dealkylation sites (tertiary alicyclic amines) is 1. The molecule has 0 aromatic carbocycles. The Morgan fingerprint density at radius 1 is 1.30 bits per heavy atom. The molecule has 3 aromatic rings. The summed E-state index contributed by atoms with van der Waals surface area (Å²) in [5, 5.41) is 6.32. The molecule has 0 N–H and O–H groups in total. The van der Waals surface area contributed by atoms with E-state index in [-0.39, 0.29) is 5.91 Å². The molecule has 4 heterocycles. The Balaban J connectivity index is 1.30. The number of thiazole rings is 1. The fourth-order valence-electron chi connectivity index (χ4n) is 3.65. The van der Waals surface area contributed by atoms with E-state index in [1.807, 2.05) is 46.8 Å². The highest BCUT2D eigenvalue weighted by Crippen LogP contribution is 2.27. The highest BCUT2D eigenvalue weighted by atomic mass is 32.1. The second kappa shape index (κ2) is 8.04. The van der Waals surface area contributed by atoms with Crippen molar-refractivity contribution in [3.8, 4) is 0 Å². The van der Waals surface area contributed by atoms with E-state index < -0.39 is 0 Å². The number of amides is 1. The Labute approximate surface area is 162 Å². The van der Waals surface area contributed by atoms with Crippen LogP contribution in [0.2, 0.25) is 0 Å². The number of hydrogen-bond acceptors (Lipinski definition) is 5. The minimum Gasteiger partial charge on any atom is -0.343 e. The molecule has 27 heavy (non-hydrogen) atoms. The second-order valence-electron chi connectivity index (χ2n) is 7.08. The van der Waals surface area contributed by atoms with E-state index in [4.69, 9.17) is 0 Å². The molecular weight excluding hydrogens is 360 g/mol. The van der Waals surface area contributed by atoms with Crippen LogP contribution in [0.4, 0.5) is 0 Å². The first-order valence-electron chi connectivity index (χ1n) is 9.34. The van der Waals surface area contributed by atoms with Gasteiger partial charge in [0, 0.05) is 55.9 Å². The van der Waals surface area contributed by atoms with Crippen LogP contribution < -0.4 is 0 Å². The minimum atomic E-state index is 0.215. The van der Waals surface area contributed by atoms with Crippen molar-refractivity contribution in [3.05, 3.63) is 52.8 Å². The molecule has 1 aliphatic heterocycles. The normalized spacial score (nSPS) is 15.4. The predicted molar refractivity (Wildman–Crippen MR) is 104 cm³/mol. The third-order valence-corrected chi connectivity index (χ3v) is 5.73. The summed E-state index contributed by atoms with van der Waals surface area (Å²) in [6.45, 7) is 5.01. The summed E-state index contributed by atoms with van der Waals surface area (Å²) >= 11 is 1.62. The van der Waals surface area contributed by atoms with Crippen LogP contribution in [0.15, 0.2) is 35.7 Å². The molecule has 0 spiro atoms. The summed E-state index contributed by atoms with van der Waals surface area (Å²) in [6.07, 6.45) is 10.1. The van der Waals surface area contributed by atoms with E-state index in [0.717, 1.165) is 49.6 Å². The highest BCUT2D eigenvalue weighted by molar-refractivity contribution is 7.07. The lowest BCUT2D eigenvalue weighted by atomic mass is 9.95. The van der Waals surface area contributed by atoms with E-state index >= 15 is 0 Å². The van der Waals surface area contributed by atoms with Crippen LogP contribution in [0.1, 0.15) is 42.3 Å². The Bertz CT molecular complexity index is 876. The zero-order valence-electron chi connectivity index (χ0n) is 15.5.